The topological polar surface area (TPSA) is 52.7 Å². The summed E-state index contributed by atoms with van der Waals surface area (Å²) in [6.45, 7) is 17.1. The first kappa shape index (κ1) is 20.2. The van der Waals surface area contributed by atoms with E-state index in [0.29, 0.717) is 24.6 Å². The number of nitrogens with zero attached hydrogens (tertiary/aromatic N) is 2. The number of nitrogens with one attached hydrogen (secondary N) is 1. The molecule has 5 nitrogen and oxygen atoms in total. The van der Waals surface area contributed by atoms with Crippen molar-refractivity contribution in [2.45, 2.75) is 53.6 Å². The van der Waals surface area contributed by atoms with Gasteiger partial charge in [-0.15, -0.1) is 6.58 Å². The molecule has 5 heteroatoms. The summed E-state index contributed by atoms with van der Waals surface area (Å²) < 4.78 is 0. The van der Waals surface area contributed by atoms with Gasteiger partial charge in [0.2, 0.25) is 0 Å². The molecule has 0 bridgehead atoms. The molecule has 0 aliphatic carbocycles. The fraction of sp³-hybridized carbons (Fsp3) is 0.478. The van der Waals surface area contributed by atoms with E-state index in [2.05, 4.69) is 58.6 Å². The second-order valence-electron chi connectivity index (χ2n) is 8.35. The lowest BCUT2D eigenvalue weighted by atomic mass is 9.89. The van der Waals surface area contributed by atoms with Crippen LogP contribution in [0, 0.1) is 26.7 Å². The molecule has 0 fully saturated rings. The zero-order valence-electron chi connectivity index (χ0n) is 17.8. The number of aryl methyl sites for hydroxylation is 3. The van der Waals surface area contributed by atoms with Crippen molar-refractivity contribution in [3.63, 3.8) is 0 Å². The Balaban J connectivity index is 2.12. The number of hydrogen-bond donors (Lipinski definition) is 1. The maximum absolute atomic E-state index is 13.5. The Morgan fingerprint density at radius 1 is 1.14 bits per heavy atom. The minimum absolute atomic E-state index is 0.0212. The zero-order valence-corrected chi connectivity index (χ0v) is 17.8. The second kappa shape index (κ2) is 7.46. The average Bonchev–Trinajstić information content (AvgIpc) is 2.97. The van der Waals surface area contributed by atoms with Crippen molar-refractivity contribution in [3.05, 3.63) is 58.3 Å². The lowest BCUT2D eigenvalue weighted by molar-refractivity contribution is -0.128. The highest BCUT2D eigenvalue weighted by Gasteiger charge is 2.45. The van der Waals surface area contributed by atoms with Gasteiger partial charge in [0.25, 0.3) is 5.91 Å². The van der Waals surface area contributed by atoms with Crippen LogP contribution < -0.4 is 5.32 Å². The first-order chi connectivity index (χ1) is 13.2. The Hall–Kier alpha value is -2.56. The molecule has 0 saturated heterocycles. The Bertz CT molecular complexity index is 869. The third kappa shape index (κ3) is 3.23. The van der Waals surface area contributed by atoms with Crippen LogP contribution in [0.5, 0.6) is 0 Å². The average molecular weight is 382 g/mol. The van der Waals surface area contributed by atoms with Crippen LogP contribution in [0.15, 0.2) is 36.1 Å². The molecular formula is C23H31N3O2. The number of carbonyl (C=O) groups excluding carboxylic acids is 2. The van der Waals surface area contributed by atoms with Gasteiger partial charge in [-0.1, -0.05) is 32.1 Å². The van der Waals surface area contributed by atoms with Crippen molar-refractivity contribution in [1.82, 2.24) is 15.1 Å². The van der Waals surface area contributed by atoms with Gasteiger partial charge in [0.15, 0.2) is 0 Å². The van der Waals surface area contributed by atoms with Gasteiger partial charge in [-0.25, -0.2) is 4.79 Å². The zero-order chi connectivity index (χ0) is 20.7. The third-order valence-corrected chi connectivity index (χ3v) is 6.21. The molecule has 0 spiro atoms. The maximum Gasteiger partial charge on any atom is 0.322 e. The molecule has 28 heavy (non-hydrogen) atoms. The van der Waals surface area contributed by atoms with Crippen molar-refractivity contribution in [3.8, 4) is 0 Å². The van der Waals surface area contributed by atoms with Crippen molar-refractivity contribution in [1.29, 1.82) is 0 Å². The SMILES string of the molecule is C=CCN1C(=O)N[C@H](c2cc(C)c(C)cc2C)C2=C1CN([C@@H](C)C(C)C)C2=O. The summed E-state index contributed by atoms with van der Waals surface area (Å²) in [5, 5.41) is 3.08. The smallest absolute Gasteiger partial charge is 0.322 e. The molecule has 1 aromatic carbocycles. The van der Waals surface area contributed by atoms with E-state index in [4.69, 9.17) is 0 Å². The van der Waals surface area contributed by atoms with E-state index < -0.39 is 6.04 Å². The Morgan fingerprint density at radius 2 is 1.79 bits per heavy atom. The molecule has 0 radical (unpaired) electrons. The van der Waals surface area contributed by atoms with Gasteiger partial charge in [-0.2, -0.15) is 0 Å². The van der Waals surface area contributed by atoms with E-state index in [-0.39, 0.29) is 18.0 Å². The molecular weight excluding hydrogens is 350 g/mol. The molecule has 0 unspecified atom stereocenters. The van der Waals surface area contributed by atoms with Gasteiger partial charge in [0.05, 0.1) is 23.9 Å². The van der Waals surface area contributed by atoms with Crippen LogP contribution in [-0.2, 0) is 4.79 Å². The fourth-order valence-electron chi connectivity index (χ4n) is 4.05. The minimum atomic E-state index is -0.417. The van der Waals surface area contributed by atoms with Crippen molar-refractivity contribution in [2.24, 2.45) is 5.92 Å². The highest BCUT2D eigenvalue weighted by atomic mass is 16.2. The summed E-state index contributed by atoms with van der Waals surface area (Å²) >= 11 is 0. The van der Waals surface area contributed by atoms with Crippen LogP contribution in [0.2, 0.25) is 0 Å². The number of rotatable bonds is 5. The monoisotopic (exact) mass is 381 g/mol. The van der Waals surface area contributed by atoms with Gasteiger partial charge in [0, 0.05) is 12.6 Å². The fourth-order valence-corrected chi connectivity index (χ4v) is 4.05. The van der Waals surface area contributed by atoms with E-state index in [1.807, 2.05) is 11.8 Å². The number of benzene rings is 1. The molecule has 0 saturated carbocycles. The van der Waals surface area contributed by atoms with Crippen LogP contribution >= 0.6 is 0 Å². The Kier molecular flexibility index (Phi) is 5.37. The van der Waals surface area contributed by atoms with Gasteiger partial charge in [-0.05, 0) is 55.9 Å². The summed E-state index contributed by atoms with van der Waals surface area (Å²) in [6.07, 6.45) is 1.70. The number of amides is 3. The summed E-state index contributed by atoms with van der Waals surface area (Å²) in [5.74, 6) is 0.358. The van der Waals surface area contributed by atoms with Crippen LogP contribution in [0.3, 0.4) is 0 Å². The number of carbonyl (C=O) groups is 2. The normalized spacial score (nSPS) is 20.6. The summed E-state index contributed by atoms with van der Waals surface area (Å²) in [4.78, 5) is 29.9. The van der Waals surface area contributed by atoms with Crippen LogP contribution in [0.25, 0.3) is 0 Å². The highest BCUT2D eigenvalue weighted by Crippen LogP contribution is 2.39. The van der Waals surface area contributed by atoms with E-state index in [1.54, 1.807) is 11.0 Å². The minimum Gasteiger partial charge on any atom is -0.330 e. The largest absolute Gasteiger partial charge is 0.330 e. The summed E-state index contributed by atoms with van der Waals surface area (Å²) in [5.41, 5.74) is 5.95. The number of hydrogen-bond acceptors (Lipinski definition) is 2. The van der Waals surface area contributed by atoms with Gasteiger partial charge in [0.1, 0.15) is 0 Å². The van der Waals surface area contributed by atoms with Gasteiger partial charge >= 0.3 is 6.03 Å². The van der Waals surface area contributed by atoms with Gasteiger partial charge in [-0.3, -0.25) is 9.69 Å². The van der Waals surface area contributed by atoms with Crippen molar-refractivity contribution < 1.29 is 9.59 Å². The molecule has 2 atom stereocenters. The molecule has 0 aromatic heterocycles. The molecule has 3 rings (SSSR count). The molecule has 3 amide bonds. The first-order valence-corrected chi connectivity index (χ1v) is 9.98. The molecule has 2 aliphatic rings. The lowest BCUT2D eigenvalue weighted by Gasteiger charge is -2.33. The molecule has 150 valence electrons. The van der Waals surface area contributed by atoms with E-state index in [0.717, 1.165) is 22.4 Å². The van der Waals surface area contributed by atoms with Gasteiger partial charge < -0.3 is 10.2 Å². The van der Waals surface area contributed by atoms with E-state index >= 15 is 0 Å². The molecule has 2 heterocycles. The second-order valence-corrected chi connectivity index (χ2v) is 8.35. The highest BCUT2D eigenvalue weighted by molar-refractivity contribution is 6.01. The van der Waals surface area contributed by atoms with Crippen molar-refractivity contribution >= 4 is 11.9 Å². The standard InChI is InChI=1S/C23H31N3O2/c1-8-9-25-19-12-26(17(7)13(2)3)22(27)20(19)21(24-23(25)28)18-11-15(5)14(4)10-16(18)6/h8,10-11,13,17,21H,1,9,12H2,2-7H3,(H,24,28)/t17-,21+/m0/s1. The van der Waals surface area contributed by atoms with E-state index in [9.17, 15) is 9.59 Å². The predicted molar refractivity (Wildman–Crippen MR) is 112 cm³/mol. The summed E-state index contributed by atoms with van der Waals surface area (Å²) in [7, 11) is 0. The molecule has 1 N–H and O–H groups in total. The van der Waals surface area contributed by atoms with E-state index in [1.165, 1.54) is 5.56 Å². The number of urea groups is 1. The summed E-state index contributed by atoms with van der Waals surface area (Å²) in [6, 6.07) is 3.74. The lowest BCUT2D eigenvalue weighted by Crippen LogP contribution is -2.47. The van der Waals surface area contributed by atoms with Crippen LogP contribution in [0.4, 0.5) is 4.79 Å². The molecule has 2 aliphatic heterocycles. The van der Waals surface area contributed by atoms with Crippen LogP contribution in [-0.4, -0.2) is 40.9 Å². The predicted octanol–water partition coefficient (Wildman–Crippen LogP) is 4.00. The first-order valence-electron chi connectivity index (χ1n) is 9.98. The Morgan fingerprint density at radius 3 is 2.39 bits per heavy atom. The third-order valence-electron chi connectivity index (χ3n) is 6.21. The Labute approximate surface area is 168 Å². The van der Waals surface area contributed by atoms with Crippen LogP contribution in [0.1, 0.15) is 49.1 Å². The van der Waals surface area contributed by atoms with Crippen molar-refractivity contribution in [2.75, 3.05) is 13.1 Å². The quantitative estimate of drug-likeness (QED) is 0.784. The molecule has 1 aromatic rings. The maximum atomic E-state index is 13.5.